The Morgan fingerprint density at radius 2 is 2.00 bits per heavy atom. The highest BCUT2D eigenvalue weighted by Gasteiger charge is 2.65. The van der Waals surface area contributed by atoms with Crippen molar-refractivity contribution in [1.29, 1.82) is 0 Å². The van der Waals surface area contributed by atoms with Crippen LogP contribution in [0.4, 0.5) is 0 Å². The predicted octanol–water partition coefficient (Wildman–Crippen LogP) is 4.49. The van der Waals surface area contributed by atoms with Crippen LogP contribution < -0.4 is 0 Å². The van der Waals surface area contributed by atoms with Crippen molar-refractivity contribution in [2.24, 2.45) is 34.0 Å². The van der Waals surface area contributed by atoms with Gasteiger partial charge in [0.1, 0.15) is 6.61 Å². The molecule has 0 aromatic rings. The maximum absolute atomic E-state index is 12.9. The number of carbonyl (C=O) groups is 1. The van der Waals surface area contributed by atoms with Crippen LogP contribution in [0.3, 0.4) is 0 Å². The summed E-state index contributed by atoms with van der Waals surface area (Å²) in [6, 6.07) is 0. The SMILES string of the molecule is C=C1C[C@@]23CC[C@H]4[C@@](C)(CCC[C@@]4(C)C(=O)OCCO)[C@H]2CC[C@@H]1C3. The summed E-state index contributed by atoms with van der Waals surface area (Å²) in [5.74, 6) is 1.85. The quantitative estimate of drug-likeness (QED) is 0.605. The van der Waals surface area contributed by atoms with E-state index in [2.05, 4.69) is 20.4 Å². The molecule has 6 atom stereocenters. The molecule has 2 bridgehead atoms. The fourth-order valence-electron chi connectivity index (χ4n) is 7.90. The van der Waals surface area contributed by atoms with Crippen LogP contribution in [0.1, 0.15) is 71.6 Å². The Morgan fingerprint density at radius 3 is 2.76 bits per heavy atom. The monoisotopic (exact) mass is 346 g/mol. The molecule has 4 saturated carbocycles. The summed E-state index contributed by atoms with van der Waals surface area (Å²) < 4.78 is 5.44. The molecule has 1 N–H and O–H groups in total. The van der Waals surface area contributed by atoms with Gasteiger partial charge in [0.25, 0.3) is 0 Å². The molecule has 0 heterocycles. The van der Waals surface area contributed by atoms with Crippen LogP contribution >= 0.6 is 0 Å². The van der Waals surface area contributed by atoms with Gasteiger partial charge in [-0.3, -0.25) is 4.79 Å². The highest BCUT2D eigenvalue weighted by molar-refractivity contribution is 5.77. The number of aliphatic hydroxyl groups is 1. The lowest BCUT2D eigenvalue weighted by atomic mass is 9.41. The minimum absolute atomic E-state index is 0.0713. The zero-order chi connectivity index (χ0) is 17.9. The van der Waals surface area contributed by atoms with E-state index < -0.39 is 0 Å². The fraction of sp³-hybridized carbons (Fsp3) is 0.864. The molecule has 4 aliphatic carbocycles. The lowest BCUT2D eigenvalue weighted by molar-refractivity contribution is -0.186. The van der Waals surface area contributed by atoms with E-state index in [1.54, 1.807) is 0 Å². The van der Waals surface area contributed by atoms with Crippen LogP contribution in [0.15, 0.2) is 12.2 Å². The molecule has 0 aliphatic heterocycles. The van der Waals surface area contributed by atoms with Gasteiger partial charge in [-0.05, 0) is 86.9 Å². The molecule has 0 saturated heterocycles. The second-order valence-corrected chi connectivity index (χ2v) is 9.96. The van der Waals surface area contributed by atoms with E-state index >= 15 is 0 Å². The summed E-state index contributed by atoms with van der Waals surface area (Å²) in [5, 5.41) is 9.04. The van der Waals surface area contributed by atoms with Gasteiger partial charge in [-0.2, -0.15) is 0 Å². The van der Waals surface area contributed by atoms with Gasteiger partial charge in [0.15, 0.2) is 0 Å². The average Bonchev–Trinajstić information content (AvgIpc) is 2.81. The number of fused-ring (bicyclic) bond motifs is 3. The van der Waals surface area contributed by atoms with E-state index in [1.165, 1.54) is 44.1 Å². The molecule has 4 rings (SSSR count). The minimum atomic E-state index is -0.379. The van der Waals surface area contributed by atoms with Crippen LogP contribution in [-0.4, -0.2) is 24.3 Å². The molecule has 0 aromatic carbocycles. The summed E-state index contributed by atoms with van der Waals surface area (Å²) in [6.07, 6.45) is 10.9. The second kappa shape index (κ2) is 5.84. The van der Waals surface area contributed by atoms with Crippen molar-refractivity contribution in [2.75, 3.05) is 13.2 Å². The Hall–Kier alpha value is -0.830. The number of hydrogen-bond donors (Lipinski definition) is 1. The predicted molar refractivity (Wildman–Crippen MR) is 97.9 cm³/mol. The fourth-order valence-corrected chi connectivity index (χ4v) is 7.90. The largest absolute Gasteiger partial charge is 0.463 e. The topological polar surface area (TPSA) is 46.5 Å². The Labute approximate surface area is 152 Å². The minimum Gasteiger partial charge on any atom is -0.463 e. The lowest BCUT2D eigenvalue weighted by Gasteiger charge is -2.63. The van der Waals surface area contributed by atoms with Gasteiger partial charge < -0.3 is 9.84 Å². The Balaban J connectivity index is 1.65. The standard InChI is InChI=1S/C22H34O3/c1-15-13-22-10-7-17-20(2,18(22)6-5-16(15)14-22)8-4-9-21(17,3)19(24)25-12-11-23/h16-18,23H,1,4-14H2,2-3H3/t16-,17+,18-,20-,21-,22-/m1/s1. The Bertz CT molecular complexity index is 584. The number of rotatable bonds is 3. The van der Waals surface area contributed by atoms with E-state index in [9.17, 15) is 4.79 Å². The van der Waals surface area contributed by atoms with Crippen molar-refractivity contribution in [3.8, 4) is 0 Å². The highest BCUT2D eigenvalue weighted by Crippen LogP contribution is 2.72. The van der Waals surface area contributed by atoms with Crippen molar-refractivity contribution in [3.05, 3.63) is 12.2 Å². The van der Waals surface area contributed by atoms with Crippen LogP contribution in [0.25, 0.3) is 0 Å². The van der Waals surface area contributed by atoms with E-state index in [4.69, 9.17) is 9.84 Å². The summed E-state index contributed by atoms with van der Waals surface area (Å²) in [5.41, 5.74) is 1.85. The molecule has 3 heteroatoms. The first-order valence-corrected chi connectivity index (χ1v) is 10.3. The van der Waals surface area contributed by atoms with Crippen molar-refractivity contribution in [3.63, 3.8) is 0 Å². The van der Waals surface area contributed by atoms with Crippen molar-refractivity contribution >= 4 is 5.97 Å². The maximum Gasteiger partial charge on any atom is 0.312 e. The van der Waals surface area contributed by atoms with Crippen LogP contribution in [0.2, 0.25) is 0 Å². The van der Waals surface area contributed by atoms with Crippen LogP contribution in [0, 0.1) is 34.0 Å². The molecule has 0 radical (unpaired) electrons. The Kier molecular flexibility index (Phi) is 4.10. The molecule has 0 aromatic heterocycles. The van der Waals surface area contributed by atoms with Crippen LogP contribution in [0.5, 0.6) is 0 Å². The molecule has 0 unspecified atom stereocenters. The first-order valence-electron chi connectivity index (χ1n) is 10.3. The number of hydrogen-bond acceptors (Lipinski definition) is 3. The molecule has 25 heavy (non-hydrogen) atoms. The first-order chi connectivity index (χ1) is 11.9. The van der Waals surface area contributed by atoms with E-state index in [-0.39, 0.29) is 30.0 Å². The van der Waals surface area contributed by atoms with Crippen molar-refractivity contribution in [1.82, 2.24) is 0 Å². The van der Waals surface area contributed by atoms with Gasteiger partial charge >= 0.3 is 5.97 Å². The van der Waals surface area contributed by atoms with Gasteiger partial charge in [0.2, 0.25) is 0 Å². The molecule has 140 valence electrons. The number of allylic oxidation sites excluding steroid dienone is 1. The second-order valence-electron chi connectivity index (χ2n) is 9.96. The van der Waals surface area contributed by atoms with Crippen molar-refractivity contribution in [2.45, 2.75) is 71.6 Å². The van der Waals surface area contributed by atoms with Crippen molar-refractivity contribution < 1.29 is 14.6 Å². The van der Waals surface area contributed by atoms with Gasteiger partial charge in [0, 0.05) is 0 Å². The molecule has 1 spiro atoms. The molecular weight excluding hydrogens is 312 g/mol. The lowest BCUT2D eigenvalue weighted by Crippen LogP contribution is -2.58. The van der Waals surface area contributed by atoms with Gasteiger partial charge in [-0.1, -0.05) is 25.5 Å². The molecule has 0 amide bonds. The van der Waals surface area contributed by atoms with Gasteiger partial charge in [-0.25, -0.2) is 0 Å². The van der Waals surface area contributed by atoms with E-state index in [1.807, 2.05) is 0 Å². The summed E-state index contributed by atoms with van der Waals surface area (Å²) in [6.45, 7) is 9.08. The zero-order valence-electron chi connectivity index (χ0n) is 16.0. The molecular formula is C22H34O3. The van der Waals surface area contributed by atoms with E-state index in [0.717, 1.165) is 31.1 Å². The van der Waals surface area contributed by atoms with Gasteiger partial charge in [0.05, 0.1) is 12.0 Å². The number of esters is 1. The molecule has 3 nitrogen and oxygen atoms in total. The highest BCUT2D eigenvalue weighted by atomic mass is 16.5. The third kappa shape index (κ3) is 2.37. The maximum atomic E-state index is 12.9. The van der Waals surface area contributed by atoms with Crippen LogP contribution in [-0.2, 0) is 9.53 Å². The van der Waals surface area contributed by atoms with Gasteiger partial charge in [-0.15, -0.1) is 0 Å². The zero-order valence-corrected chi connectivity index (χ0v) is 16.0. The normalized spacial score (nSPS) is 48.6. The average molecular weight is 347 g/mol. The Morgan fingerprint density at radius 1 is 1.20 bits per heavy atom. The number of ether oxygens (including phenoxy) is 1. The summed E-state index contributed by atoms with van der Waals surface area (Å²) in [4.78, 5) is 12.9. The van der Waals surface area contributed by atoms with E-state index in [0.29, 0.717) is 11.3 Å². The smallest absolute Gasteiger partial charge is 0.312 e. The summed E-state index contributed by atoms with van der Waals surface area (Å²) >= 11 is 0. The third-order valence-electron chi connectivity index (χ3n) is 8.85. The number of aliphatic hydroxyl groups excluding tert-OH is 1. The third-order valence-corrected chi connectivity index (χ3v) is 8.85. The molecule has 4 aliphatic rings. The molecule has 4 fully saturated rings. The summed E-state index contributed by atoms with van der Waals surface area (Å²) in [7, 11) is 0. The first kappa shape index (κ1) is 17.6. The number of carbonyl (C=O) groups excluding carboxylic acids is 1.